The van der Waals surface area contributed by atoms with Gasteiger partial charge in [0.2, 0.25) is 15.9 Å². The van der Waals surface area contributed by atoms with Gasteiger partial charge in [0.05, 0.1) is 11.3 Å². The molecule has 1 aromatic carbocycles. The Morgan fingerprint density at radius 2 is 1.80 bits per heavy atom. The highest BCUT2D eigenvalue weighted by atomic mass is 35.5. The van der Waals surface area contributed by atoms with E-state index < -0.39 is 15.6 Å². The van der Waals surface area contributed by atoms with Gasteiger partial charge in [0.25, 0.3) is 0 Å². The molecule has 0 bridgehead atoms. The normalized spacial score (nSPS) is 13.8. The van der Waals surface area contributed by atoms with E-state index in [4.69, 9.17) is 5.73 Å². The molecule has 0 saturated heterocycles. The summed E-state index contributed by atoms with van der Waals surface area (Å²) in [4.78, 5) is 12.2. The van der Waals surface area contributed by atoms with E-state index in [0.29, 0.717) is 12.0 Å². The first-order chi connectivity index (χ1) is 11.1. The maximum atomic E-state index is 12.2. The summed E-state index contributed by atoms with van der Waals surface area (Å²) in [5.41, 5.74) is 6.53. The molecule has 0 aromatic heterocycles. The van der Waals surface area contributed by atoms with Gasteiger partial charge in [0.1, 0.15) is 0 Å². The first kappa shape index (κ1) is 23.9. The first-order valence-electron chi connectivity index (χ1n) is 8.21. The van der Waals surface area contributed by atoms with E-state index in [-0.39, 0.29) is 36.7 Å². The second-order valence-corrected chi connectivity index (χ2v) is 8.40. The molecule has 4 N–H and O–H groups in total. The third-order valence-electron chi connectivity index (χ3n) is 3.61. The lowest BCUT2D eigenvalue weighted by Crippen LogP contribution is -2.51. The summed E-state index contributed by atoms with van der Waals surface area (Å²) in [5.74, 6) is -0.353. The van der Waals surface area contributed by atoms with Gasteiger partial charge in [-0.2, -0.15) is 0 Å². The number of amides is 1. The number of hydrogen-bond donors (Lipinski definition) is 3. The Hall–Kier alpha value is -1.15. The minimum atomic E-state index is -3.42. The number of nitrogens with one attached hydrogen (secondary N) is 2. The molecule has 0 aliphatic heterocycles. The predicted molar refractivity (Wildman–Crippen MR) is 104 cm³/mol. The molecule has 0 aliphatic carbocycles. The average Bonchev–Trinajstić information content (AvgIpc) is 2.44. The number of sulfonamides is 1. The van der Waals surface area contributed by atoms with Crippen LogP contribution in [0.15, 0.2) is 24.3 Å². The van der Waals surface area contributed by atoms with Gasteiger partial charge < -0.3 is 11.1 Å². The van der Waals surface area contributed by atoms with Crippen LogP contribution in [0.5, 0.6) is 0 Å². The predicted octanol–water partition coefficient (Wildman–Crippen LogP) is 2.07. The maximum Gasteiger partial charge on any atom is 0.240 e. The van der Waals surface area contributed by atoms with Crippen LogP contribution in [0.1, 0.15) is 51.7 Å². The zero-order valence-corrected chi connectivity index (χ0v) is 17.0. The van der Waals surface area contributed by atoms with Gasteiger partial charge in [-0.05, 0) is 38.3 Å². The molecule has 0 aliphatic rings. The Bertz CT molecular complexity index is 661. The summed E-state index contributed by atoms with van der Waals surface area (Å²) in [7, 11) is -3.42. The third-order valence-corrected chi connectivity index (χ3v) is 5.13. The number of hydrogen-bond acceptors (Lipinski definition) is 4. The molecule has 25 heavy (non-hydrogen) atoms. The zero-order chi connectivity index (χ0) is 18.4. The molecule has 1 unspecified atom stereocenters. The maximum absolute atomic E-state index is 12.2. The van der Waals surface area contributed by atoms with E-state index >= 15 is 0 Å². The molecule has 0 saturated carbocycles. The summed E-state index contributed by atoms with van der Waals surface area (Å²) < 4.78 is 26.8. The molecule has 1 aromatic rings. The molecule has 1 atom stereocenters. The Labute approximate surface area is 157 Å². The van der Waals surface area contributed by atoms with E-state index in [1.807, 2.05) is 19.1 Å². The highest BCUT2D eigenvalue weighted by Gasteiger charge is 2.27. The molecule has 8 heteroatoms. The summed E-state index contributed by atoms with van der Waals surface area (Å²) in [6.07, 6.45) is 1.41. The van der Waals surface area contributed by atoms with Crippen LogP contribution in [0.4, 0.5) is 0 Å². The number of halogens is 1. The Morgan fingerprint density at radius 1 is 1.24 bits per heavy atom. The standard InChI is InChI=1S/C17H29N3O3S.ClH/c1-5-10-17(4,18)16(21)19-11-14-8-6-7-9-15(14)12-24(22,23)20-13(2)3;/h6-9,13,20H,5,10-12,18H2,1-4H3,(H,19,21);1H. The van der Waals surface area contributed by atoms with E-state index in [9.17, 15) is 13.2 Å². The van der Waals surface area contributed by atoms with Crippen molar-refractivity contribution in [2.45, 2.75) is 64.4 Å². The lowest BCUT2D eigenvalue weighted by Gasteiger charge is -2.23. The van der Waals surface area contributed by atoms with Crippen molar-refractivity contribution in [3.8, 4) is 0 Å². The van der Waals surface area contributed by atoms with Gasteiger partial charge in [-0.1, -0.05) is 37.6 Å². The van der Waals surface area contributed by atoms with E-state index in [0.717, 1.165) is 12.0 Å². The van der Waals surface area contributed by atoms with Crippen LogP contribution in [-0.4, -0.2) is 25.9 Å². The minimum Gasteiger partial charge on any atom is -0.350 e. The summed E-state index contributed by atoms with van der Waals surface area (Å²) in [6.45, 7) is 7.48. The molecular formula is C17H30ClN3O3S. The van der Waals surface area contributed by atoms with Crippen LogP contribution in [0.2, 0.25) is 0 Å². The first-order valence-corrected chi connectivity index (χ1v) is 9.86. The van der Waals surface area contributed by atoms with Crippen LogP contribution in [-0.2, 0) is 27.1 Å². The van der Waals surface area contributed by atoms with E-state index in [1.54, 1.807) is 32.9 Å². The SMILES string of the molecule is CCCC(C)(N)C(=O)NCc1ccccc1CS(=O)(=O)NC(C)C.Cl. The average molecular weight is 392 g/mol. The Balaban J connectivity index is 0.00000576. The van der Waals surface area contributed by atoms with Crippen molar-refractivity contribution in [3.05, 3.63) is 35.4 Å². The van der Waals surface area contributed by atoms with E-state index in [2.05, 4.69) is 10.0 Å². The summed E-state index contributed by atoms with van der Waals surface area (Å²) in [5, 5.41) is 2.81. The number of nitrogens with two attached hydrogens (primary N) is 1. The molecule has 0 fully saturated rings. The monoisotopic (exact) mass is 391 g/mol. The summed E-state index contributed by atoms with van der Waals surface area (Å²) in [6, 6.07) is 7.02. The van der Waals surface area contributed by atoms with Crippen molar-refractivity contribution in [2.75, 3.05) is 0 Å². The molecule has 0 radical (unpaired) electrons. The van der Waals surface area contributed by atoms with Crippen molar-refractivity contribution >= 4 is 28.3 Å². The lowest BCUT2D eigenvalue weighted by molar-refractivity contribution is -0.126. The van der Waals surface area contributed by atoms with Gasteiger partial charge in [0, 0.05) is 12.6 Å². The highest BCUT2D eigenvalue weighted by molar-refractivity contribution is 7.88. The van der Waals surface area contributed by atoms with Gasteiger partial charge in [-0.3, -0.25) is 4.79 Å². The molecular weight excluding hydrogens is 362 g/mol. The van der Waals surface area contributed by atoms with Gasteiger partial charge >= 0.3 is 0 Å². The largest absolute Gasteiger partial charge is 0.350 e. The number of rotatable bonds is 9. The molecule has 1 rings (SSSR count). The molecule has 0 spiro atoms. The van der Waals surface area contributed by atoms with Gasteiger partial charge in [-0.15, -0.1) is 12.4 Å². The molecule has 144 valence electrons. The van der Waals surface area contributed by atoms with Crippen molar-refractivity contribution in [1.82, 2.24) is 10.0 Å². The Kier molecular flexibility index (Phi) is 9.64. The van der Waals surface area contributed by atoms with Crippen molar-refractivity contribution in [1.29, 1.82) is 0 Å². The fraction of sp³-hybridized carbons (Fsp3) is 0.588. The zero-order valence-electron chi connectivity index (χ0n) is 15.3. The van der Waals surface area contributed by atoms with Crippen LogP contribution in [0.3, 0.4) is 0 Å². The number of benzene rings is 1. The second kappa shape index (κ2) is 10.1. The second-order valence-electron chi connectivity index (χ2n) is 6.65. The molecule has 0 heterocycles. The minimum absolute atomic E-state index is 0. The molecule has 1 amide bonds. The van der Waals surface area contributed by atoms with Gasteiger partial charge in [-0.25, -0.2) is 13.1 Å². The fourth-order valence-electron chi connectivity index (χ4n) is 2.49. The van der Waals surface area contributed by atoms with Gasteiger partial charge in [0.15, 0.2) is 0 Å². The van der Waals surface area contributed by atoms with E-state index in [1.165, 1.54) is 0 Å². The van der Waals surface area contributed by atoms with Crippen LogP contribution < -0.4 is 15.8 Å². The topological polar surface area (TPSA) is 101 Å². The summed E-state index contributed by atoms with van der Waals surface area (Å²) >= 11 is 0. The number of carbonyl (C=O) groups is 1. The lowest BCUT2D eigenvalue weighted by atomic mass is 9.96. The molecule has 6 nitrogen and oxygen atoms in total. The quantitative estimate of drug-likeness (QED) is 0.599. The third kappa shape index (κ3) is 8.18. The van der Waals surface area contributed by atoms with Crippen molar-refractivity contribution in [2.24, 2.45) is 5.73 Å². The number of carbonyl (C=O) groups excluding carboxylic acids is 1. The smallest absolute Gasteiger partial charge is 0.240 e. The highest BCUT2D eigenvalue weighted by Crippen LogP contribution is 2.14. The fourth-order valence-corrected chi connectivity index (χ4v) is 3.98. The van der Waals surface area contributed by atoms with Crippen LogP contribution >= 0.6 is 12.4 Å². The van der Waals surface area contributed by atoms with Crippen LogP contribution in [0.25, 0.3) is 0 Å². The van der Waals surface area contributed by atoms with Crippen LogP contribution in [0, 0.1) is 0 Å². The van der Waals surface area contributed by atoms with Crippen molar-refractivity contribution < 1.29 is 13.2 Å². The Morgan fingerprint density at radius 3 is 2.32 bits per heavy atom. The van der Waals surface area contributed by atoms with Crippen molar-refractivity contribution in [3.63, 3.8) is 0 Å².